The highest BCUT2D eigenvalue weighted by Crippen LogP contribution is 2.48. The van der Waals surface area contributed by atoms with Crippen LogP contribution in [0.2, 0.25) is 0 Å². The second kappa shape index (κ2) is 7.75. The van der Waals surface area contributed by atoms with Crippen LogP contribution in [0.25, 0.3) is 5.00 Å². The number of aromatic nitrogens is 3. The van der Waals surface area contributed by atoms with Gasteiger partial charge in [-0.15, -0.1) is 21.5 Å². The predicted molar refractivity (Wildman–Crippen MR) is 123 cm³/mol. The molecule has 5 heterocycles. The summed E-state index contributed by atoms with van der Waals surface area (Å²) in [6.07, 6.45) is 7.25. The number of hydrogen-bond acceptors (Lipinski definition) is 8. The average molecular weight is 460 g/mol. The summed E-state index contributed by atoms with van der Waals surface area (Å²) in [6.45, 7) is 6.27. The zero-order valence-electron chi connectivity index (χ0n) is 18.1. The van der Waals surface area contributed by atoms with Gasteiger partial charge in [0.25, 0.3) is 0 Å². The van der Waals surface area contributed by atoms with E-state index < -0.39 is 0 Å². The Labute approximate surface area is 190 Å². The number of anilines is 1. The van der Waals surface area contributed by atoms with Gasteiger partial charge in [0, 0.05) is 23.5 Å². The lowest BCUT2D eigenvalue weighted by Crippen LogP contribution is -2.40. The van der Waals surface area contributed by atoms with E-state index in [-0.39, 0.29) is 18.2 Å². The highest BCUT2D eigenvalue weighted by Gasteiger charge is 2.44. The van der Waals surface area contributed by atoms with Crippen LogP contribution in [0, 0.1) is 5.92 Å². The zero-order chi connectivity index (χ0) is 21.1. The molecule has 3 aliphatic heterocycles. The number of hydrazine groups is 1. The van der Waals surface area contributed by atoms with Crippen LogP contribution in [0.1, 0.15) is 61.7 Å². The fraction of sp³-hybridized carbons (Fsp3) is 0.667. The number of carbonyl (C=O) groups excluding carboxylic acids is 1. The molecule has 1 aliphatic carbocycles. The lowest BCUT2D eigenvalue weighted by atomic mass is 9.87. The number of rotatable bonds is 3. The topological polar surface area (TPSA) is 78.3 Å². The van der Waals surface area contributed by atoms with Gasteiger partial charge in [0.15, 0.2) is 5.16 Å². The molecule has 8 nitrogen and oxygen atoms in total. The number of thioether (sulfide) groups is 1. The van der Waals surface area contributed by atoms with E-state index in [4.69, 9.17) is 0 Å². The molecule has 166 valence electrons. The van der Waals surface area contributed by atoms with Gasteiger partial charge in [0.2, 0.25) is 11.9 Å². The molecule has 0 bridgehead atoms. The molecule has 0 radical (unpaired) electrons. The van der Waals surface area contributed by atoms with Gasteiger partial charge in [-0.2, -0.15) is 0 Å². The van der Waals surface area contributed by atoms with Crippen molar-refractivity contribution < 1.29 is 4.79 Å². The Hall–Kier alpha value is -1.62. The Morgan fingerprint density at radius 1 is 1.23 bits per heavy atom. The molecule has 2 aromatic rings. The summed E-state index contributed by atoms with van der Waals surface area (Å²) in [4.78, 5) is 16.3. The van der Waals surface area contributed by atoms with Crippen LogP contribution in [0.15, 0.2) is 5.16 Å². The number of piperidine rings is 1. The molecule has 0 spiro atoms. The van der Waals surface area contributed by atoms with Crippen molar-refractivity contribution in [1.82, 2.24) is 30.4 Å². The van der Waals surface area contributed by atoms with Crippen molar-refractivity contribution in [2.45, 2.75) is 69.9 Å². The van der Waals surface area contributed by atoms with Crippen molar-refractivity contribution >= 4 is 35.0 Å². The van der Waals surface area contributed by atoms with Crippen molar-refractivity contribution in [2.24, 2.45) is 5.92 Å². The Bertz CT molecular complexity index is 1010. The van der Waals surface area contributed by atoms with Crippen molar-refractivity contribution in [3.05, 3.63) is 16.0 Å². The molecule has 2 N–H and O–H groups in total. The number of carbonyl (C=O) groups is 1. The maximum absolute atomic E-state index is 12.7. The Balaban J connectivity index is 1.35. The smallest absolute Gasteiger partial charge is 0.249 e. The van der Waals surface area contributed by atoms with Crippen molar-refractivity contribution in [3.8, 4) is 5.00 Å². The molecular weight excluding hydrogens is 430 g/mol. The molecule has 1 amide bonds. The van der Waals surface area contributed by atoms with Gasteiger partial charge in [-0.05, 0) is 56.9 Å². The molecular formula is C21H29N7OS2. The van der Waals surface area contributed by atoms with E-state index in [0.717, 1.165) is 49.9 Å². The fourth-order valence-electron chi connectivity index (χ4n) is 5.28. The number of likely N-dealkylation sites (tertiary alicyclic amines) is 1. The standard InChI is InChI=1S/C21H29N7OS2/c1-12-6-7-15-14(10-12)17-18-22-13(2)25-28(18)20-23-24-21(27(20)19(17)31-15)30-11-16(29)26-8-4-3-5-9-26/h12-13,18,22,25H,3-11H2,1-2H3/t12-,13?,18?/m1/s1. The molecule has 3 atom stereocenters. The SMILES string of the molecule is CC1NC2c3c(sc4c3C[C@H](C)CC4)-n3c(SCC(=O)N4CCCCC4)nnc3N2N1. The molecule has 0 saturated carbocycles. The van der Waals surface area contributed by atoms with Crippen LogP contribution in [0.3, 0.4) is 0 Å². The number of thiophene rings is 1. The highest BCUT2D eigenvalue weighted by atomic mass is 32.2. The largest absolute Gasteiger partial charge is 0.342 e. The fourth-order valence-corrected chi connectivity index (χ4v) is 7.55. The molecule has 2 fully saturated rings. The number of fused-ring (bicyclic) bond motifs is 8. The van der Waals surface area contributed by atoms with Crippen LogP contribution < -0.4 is 15.8 Å². The van der Waals surface area contributed by atoms with Gasteiger partial charge < -0.3 is 4.90 Å². The third-order valence-electron chi connectivity index (χ3n) is 6.87. The van der Waals surface area contributed by atoms with Crippen molar-refractivity contribution in [3.63, 3.8) is 0 Å². The van der Waals surface area contributed by atoms with Gasteiger partial charge >= 0.3 is 0 Å². The molecule has 31 heavy (non-hydrogen) atoms. The summed E-state index contributed by atoms with van der Waals surface area (Å²) in [6, 6.07) is 0. The van der Waals surface area contributed by atoms with Gasteiger partial charge in [-0.3, -0.25) is 15.1 Å². The third kappa shape index (κ3) is 3.30. The average Bonchev–Trinajstić information content (AvgIpc) is 3.46. The maximum Gasteiger partial charge on any atom is 0.249 e. The summed E-state index contributed by atoms with van der Waals surface area (Å²) < 4.78 is 2.18. The van der Waals surface area contributed by atoms with Crippen LogP contribution in [0.4, 0.5) is 5.95 Å². The highest BCUT2D eigenvalue weighted by molar-refractivity contribution is 7.99. The van der Waals surface area contributed by atoms with E-state index in [0.29, 0.717) is 11.7 Å². The lowest BCUT2D eigenvalue weighted by molar-refractivity contribution is -0.129. The zero-order valence-corrected chi connectivity index (χ0v) is 19.7. The predicted octanol–water partition coefficient (Wildman–Crippen LogP) is 2.83. The first-order chi connectivity index (χ1) is 15.1. The number of aryl methyl sites for hydroxylation is 1. The lowest BCUT2D eigenvalue weighted by Gasteiger charge is -2.31. The summed E-state index contributed by atoms with van der Waals surface area (Å²) in [5.74, 6) is 2.16. The quantitative estimate of drug-likeness (QED) is 0.684. The molecule has 10 heteroatoms. The normalized spacial score (nSPS) is 27.0. The summed E-state index contributed by atoms with van der Waals surface area (Å²) >= 11 is 3.41. The minimum absolute atomic E-state index is 0.0832. The number of amides is 1. The summed E-state index contributed by atoms with van der Waals surface area (Å²) in [5, 5.41) is 16.9. The molecule has 4 aliphatic rings. The second-order valence-electron chi connectivity index (χ2n) is 9.21. The van der Waals surface area contributed by atoms with Gasteiger partial charge in [-0.1, -0.05) is 18.7 Å². The summed E-state index contributed by atoms with van der Waals surface area (Å²) in [5.41, 5.74) is 6.40. The van der Waals surface area contributed by atoms with Crippen molar-refractivity contribution in [2.75, 3.05) is 23.9 Å². The van der Waals surface area contributed by atoms with Gasteiger partial charge in [-0.25, -0.2) is 9.99 Å². The van der Waals surface area contributed by atoms with E-state index >= 15 is 0 Å². The Morgan fingerprint density at radius 2 is 2.06 bits per heavy atom. The van der Waals surface area contributed by atoms with E-state index in [1.165, 1.54) is 45.6 Å². The van der Waals surface area contributed by atoms with Gasteiger partial charge in [0.1, 0.15) is 11.2 Å². The Kier molecular flexibility index (Phi) is 5.01. The van der Waals surface area contributed by atoms with E-state index in [9.17, 15) is 4.79 Å². The van der Waals surface area contributed by atoms with Crippen molar-refractivity contribution in [1.29, 1.82) is 0 Å². The number of nitrogens with one attached hydrogen (secondary N) is 2. The molecule has 2 unspecified atom stereocenters. The summed E-state index contributed by atoms with van der Waals surface area (Å²) in [7, 11) is 0. The minimum Gasteiger partial charge on any atom is -0.342 e. The monoisotopic (exact) mass is 459 g/mol. The second-order valence-corrected chi connectivity index (χ2v) is 11.2. The molecule has 6 rings (SSSR count). The molecule has 2 aromatic heterocycles. The van der Waals surface area contributed by atoms with Crippen LogP contribution >= 0.6 is 23.1 Å². The van der Waals surface area contributed by atoms with E-state index in [1.807, 2.05) is 16.2 Å². The first-order valence-corrected chi connectivity index (χ1v) is 13.2. The van der Waals surface area contributed by atoms with Crippen LogP contribution in [0.5, 0.6) is 0 Å². The van der Waals surface area contributed by atoms with Crippen LogP contribution in [-0.2, 0) is 17.6 Å². The molecule has 2 saturated heterocycles. The van der Waals surface area contributed by atoms with E-state index in [2.05, 4.69) is 44.4 Å². The van der Waals surface area contributed by atoms with Gasteiger partial charge in [0.05, 0.1) is 11.9 Å². The molecule has 0 aromatic carbocycles. The minimum atomic E-state index is 0.0832. The first kappa shape index (κ1) is 20.0. The number of nitrogens with zero attached hydrogens (tertiary/aromatic N) is 5. The van der Waals surface area contributed by atoms with E-state index in [1.54, 1.807) is 0 Å². The number of hydrogen-bond donors (Lipinski definition) is 2. The van der Waals surface area contributed by atoms with Crippen LogP contribution in [-0.4, -0.2) is 50.6 Å². The third-order valence-corrected chi connectivity index (χ3v) is 9.08. The maximum atomic E-state index is 12.7. The Morgan fingerprint density at radius 3 is 2.90 bits per heavy atom. The first-order valence-electron chi connectivity index (χ1n) is 11.4.